The van der Waals surface area contributed by atoms with Gasteiger partial charge in [-0.2, -0.15) is 0 Å². The molecule has 0 aromatic heterocycles. The predicted molar refractivity (Wildman–Crippen MR) is 117 cm³/mol. The first-order chi connectivity index (χ1) is 15.0. The highest BCUT2D eigenvalue weighted by atomic mass is 32.2. The van der Waals surface area contributed by atoms with Crippen molar-refractivity contribution in [3.63, 3.8) is 0 Å². The van der Waals surface area contributed by atoms with Crippen LogP contribution in [0.5, 0.6) is 11.5 Å². The second-order valence-electron chi connectivity index (χ2n) is 7.01. The first kappa shape index (κ1) is 20.7. The average molecular weight is 439 g/mol. The molecule has 0 aliphatic carbocycles. The van der Waals surface area contributed by atoms with E-state index in [-0.39, 0.29) is 28.8 Å². The van der Waals surface area contributed by atoms with E-state index in [0.29, 0.717) is 18.1 Å². The Hall–Kier alpha value is -3.52. The Morgan fingerprint density at radius 2 is 1.61 bits per heavy atom. The number of hydrogen-bond donors (Lipinski definition) is 1. The lowest BCUT2D eigenvalue weighted by Crippen LogP contribution is -2.41. The molecular weight excluding hydrogens is 416 g/mol. The third kappa shape index (κ3) is 4.34. The van der Waals surface area contributed by atoms with E-state index < -0.39 is 15.9 Å². The number of benzene rings is 3. The van der Waals surface area contributed by atoms with E-state index in [0.717, 1.165) is 4.31 Å². The van der Waals surface area contributed by atoms with Crippen molar-refractivity contribution in [2.24, 2.45) is 0 Å². The fraction of sp³-hybridized carbons (Fsp3) is 0.174. The van der Waals surface area contributed by atoms with Gasteiger partial charge in [0.1, 0.15) is 12.7 Å². The molecule has 31 heavy (non-hydrogen) atoms. The summed E-state index contributed by atoms with van der Waals surface area (Å²) in [7, 11) is -2.37. The molecule has 1 amide bonds. The van der Waals surface area contributed by atoms with Crippen LogP contribution in [0.3, 0.4) is 0 Å². The molecule has 1 aliphatic rings. The molecule has 1 unspecified atom stereocenters. The average Bonchev–Trinajstić information content (AvgIpc) is 2.82. The van der Waals surface area contributed by atoms with Gasteiger partial charge in [0.05, 0.1) is 22.7 Å². The van der Waals surface area contributed by atoms with Gasteiger partial charge in [-0.05, 0) is 36.4 Å². The molecule has 8 heteroatoms. The molecule has 3 aromatic carbocycles. The lowest BCUT2D eigenvalue weighted by molar-refractivity contribution is 0.0789. The molecule has 4 rings (SSSR count). The van der Waals surface area contributed by atoms with Gasteiger partial charge in [0.15, 0.2) is 11.5 Å². The Morgan fingerprint density at radius 3 is 2.39 bits per heavy atom. The van der Waals surface area contributed by atoms with E-state index in [1.807, 2.05) is 24.3 Å². The van der Waals surface area contributed by atoms with E-state index in [9.17, 15) is 13.2 Å². The van der Waals surface area contributed by atoms with Crippen LogP contribution in [0, 0.1) is 0 Å². The highest BCUT2D eigenvalue weighted by Gasteiger charge is 2.26. The minimum Gasteiger partial charge on any atom is -0.486 e. The second-order valence-corrected chi connectivity index (χ2v) is 8.98. The SMILES string of the molecule is CN(c1ccccc1C(=O)NCC1COc2ccccc2O1)S(=O)(=O)c1ccccc1. The lowest BCUT2D eigenvalue weighted by Gasteiger charge is -2.27. The summed E-state index contributed by atoms with van der Waals surface area (Å²) < 4.78 is 38.6. The maximum absolute atomic E-state index is 13.0. The molecular formula is C23H22N2O5S. The summed E-state index contributed by atoms with van der Waals surface area (Å²) in [5, 5.41) is 2.82. The highest BCUT2D eigenvalue weighted by Crippen LogP contribution is 2.31. The monoisotopic (exact) mass is 438 g/mol. The number of nitrogens with one attached hydrogen (secondary N) is 1. The number of sulfonamides is 1. The zero-order chi connectivity index (χ0) is 21.8. The number of carbonyl (C=O) groups excluding carboxylic acids is 1. The van der Waals surface area contributed by atoms with Crippen LogP contribution >= 0.6 is 0 Å². The van der Waals surface area contributed by atoms with Gasteiger partial charge in [0, 0.05) is 7.05 Å². The van der Waals surface area contributed by atoms with Crippen molar-refractivity contribution in [3.8, 4) is 11.5 Å². The zero-order valence-corrected chi connectivity index (χ0v) is 17.7. The summed E-state index contributed by atoms with van der Waals surface area (Å²) in [5.74, 6) is 0.901. The molecule has 7 nitrogen and oxygen atoms in total. The smallest absolute Gasteiger partial charge is 0.264 e. The van der Waals surface area contributed by atoms with Crippen LogP contribution in [0.2, 0.25) is 0 Å². The van der Waals surface area contributed by atoms with Crippen molar-refractivity contribution in [3.05, 3.63) is 84.4 Å². The van der Waals surface area contributed by atoms with Crippen LogP contribution in [-0.2, 0) is 10.0 Å². The van der Waals surface area contributed by atoms with Gasteiger partial charge < -0.3 is 14.8 Å². The molecule has 1 aliphatic heterocycles. The molecule has 1 atom stereocenters. The molecule has 0 spiro atoms. The number of hydrogen-bond acceptors (Lipinski definition) is 5. The van der Waals surface area contributed by atoms with Gasteiger partial charge in [-0.1, -0.05) is 42.5 Å². The van der Waals surface area contributed by atoms with E-state index in [1.54, 1.807) is 42.5 Å². The molecule has 1 heterocycles. The van der Waals surface area contributed by atoms with E-state index in [1.165, 1.54) is 19.2 Å². The summed E-state index contributed by atoms with van der Waals surface area (Å²) in [6.07, 6.45) is -0.350. The number of amides is 1. The highest BCUT2D eigenvalue weighted by molar-refractivity contribution is 7.92. The van der Waals surface area contributed by atoms with Gasteiger partial charge in [-0.25, -0.2) is 8.42 Å². The zero-order valence-electron chi connectivity index (χ0n) is 16.9. The standard InChI is InChI=1S/C23H22N2O5S/c1-25(31(27,28)18-9-3-2-4-10-18)20-12-6-5-11-19(20)23(26)24-15-17-16-29-21-13-7-8-14-22(21)30-17/h2-14,17H,15-16H2,1H3,(H,24,26). The first-order valence-corrected chi connectivity index (χ1v) is 11.2. The number of fused-ring (bicyclic) bond motifs is 1. The Labute approximate surface area is 181 Å². The van der Waals surface area contributed by atoms with Gasteiger partial charge in [0.2, 0.25) is 0 Å². The molecule has 0 bridgehead atoms. The Kier molecular flexibility index (Phi) is 5.81. The minimum absolute atomic E-state index is 0.152. The van der Waals surface area contributed by atoms with E-state index in [2.05, 4.69) is 5.32 Å². The van der Waals surface area contributed by atoms with Crippen LogP contribution in [-0.4, -0.2) is 40.6 Å². The predicted octanol–water partition coefficient (Wildman–Crippen LogP) is 3.08. The maximum atomic E-state index is 13.0. The molecule has 0 radical (unpaired) electrons. The topological polar surface area (TPSA) is 84.9 Å². The van der Waals surface area contributed by atoms with Gasteiger partial charge >= 0.3 is 0 Å². The molecule has 0 saturated heterocycles. The van der Waals surface area contributed by atoms with Crippen molar-refractivity contribution in [2.45, 2.75) is 11.0 Å². The number of nitrogens with zero attached hydrogens (tertiary/aromatic N) is 1. The summed E-state index contributed by atoms with van der Waals surface area (Å²) >= 11 is 0. The first-order valence-electron chi connectivity index (χ1n) is 9.76. The number of anilines is 1. The maximum Gasteiger partial charge on any atom is 0.264 e. The molecule has 3 aromatic rings. The third-order valence-electron chi connectivity index (χ3n) is 4.95. The van der Waals surface area contributed by atoms with E-state index in [4.69, 9.17) is 9.47 Å². The number of rotatable bonds is 6. The molecule has 1 N–H and O–H groups in total. The van der Waals surface area contributed by atoms with E-state index >= 15 is 0 Å². The lowest BCUT2D eigenvalue weighted by atomic mass is 10.1. The van der Waals surface area contributed by atoms with Crippen LogP contribution in [0.25, 0.3) is 0 Å². The number of ether oxygens (including phenoxy) is 2. The van der Waals surface area contributed by atoms with Crippen molar-refractivity contribution in [1.29, 1.82) is 0 Å². The fourth-order valence-electron chi connectivity index (χ4n) is 3.29. The third-order valence-corrected chi connectivity index (χ3v) is 6.73. The Balaban J connectivity index is 1.49. The summed E-state index contributed by atoms with van der Waals surface area (Å²) in [6.45, 7) is 0.526. The summed E-state index contributed by atoms with van der Waals surface area (Å²) in [4.78, 5) is 13.0. The number of para-hydroxylation sites is 3. The van der Waals surface area contributed by atoms with Gasteiger partial charge in [0.25, 0.3) is 15.9 Å². The van der Waals surface area contributed by atoms with Crippen molar-refractivity contribution < 1.29 is 22.7 Å². The van der Waals surface area contributed by atoms with Crippen LogP contribution < -0.4 is 19.1 Å². The Bertz CT molecular complexity index is 1180. The van der Waals surface area contributed by atoms with Gasteiger partial charge in [-0.3, -0.25) is 9.10 Å². The molecule has 160 valence electrons. The normalized spacial score (nSPS) is 15.2. The van der Waals surface area contributed by atoms with Crippen molar-refractivity contribution in [1.82, 2.24) is 5.32 Å². The van der Waals surface area contributed by atoms with Crippen LogP contribution in [0.1, 0.15) is 10.4 Å². The molecule has 0 saturated carbocycles. The summed E-state index contributed by atoms with van der Waals surface area (Å²) in [6, 6.07) is 22.0. The second kappa shape index (κ2) is 8.69. The van der Waals surface area contributed by atoms with Gasteiger partial charge in [-0.15, -0.1) is 0 Å². The summed E-state index contributed by atoms with van der Waals surface area (Å²) in [5.41, 5.74) is 0.539. The van der Waals surface area contributed by atoms with Crippen LogP contribution in [0.15, 0.2) is 83.8 Å². The Morgan fingerprint density at radius 1 is 0.968 bits per heavy atom. The molecule has 0 fully saturated rings. The fourth-order valence-corrected chi connectivity index (χ4v) is 4.52. The number of carbonyl (C=O) groups is 1. The van der Waals surface area contributed by atoms with Crippen LogP contribution in [0.4, 0.5) is 5.69 Å². The minimum atomic E-state index is -3.81. The quantitative estimate of drug-likeness (QED) is 0.639. The van der Waals surface area contributed by atoms with Crippen molar-refractivity contribution in [2.75, 3.05) is 24.5 Å². The van der Waals surface area contributed by atoms with Crippen molar-refractivity contribution >= 4 is 21.6 Å². The largest absolute Gasteiger partial charge is 0.486 e.